The number of halogens is 2. The van der Waals surface area contributed by atoms with E-state index in [0.717, 1.165) is 30.6 Å². The highest BCUT2D eigenvalue weighted by Crippen LogP contribution is 2.32. The summed E-state index contributed by atoms with van der Waals surface area (Å²) in [6.45, 7) is 0. The first-order valence-electron chi connectivity index (χ1n) is 12.8. The van der Waals surface area contributed by atoms with Gasteiger partial charge in [-0.2, -0.15) is 0 Å². The fourth-order valence-electron chi connectivity index (χ4n) is 4.64. The Morgan fingerprint density at radius 1 is 0.921 bits per heavy atom. The molecule has 0 aliphatic heterocycles. The van der Waals surface area contributed by atoms with Crippen LogP contribution >= 0.6 is 0 Å². The number of nitrogens with zero attached hydrogens (tertiary/aromatic N) is 2. The third kappa shape index (κ3) is 7.00. The van der Waals surface area contributed by atoms with Gasteiger partial charge in [-0.25, -0.2) is 13.8 Å². The summed E-state index contributed by atoms with van der Waals surface area (Å²) in [5.41, 5.74) is 0.290. The minimum atomic E-state index is -1.22. The Morgan fingerprint density at radius 2 is 1.63 bits per heavy atom. The Morgan fingerprint density at radius 3 is 2.32 bits per heavy atom. The number of hydrogen-bond donors (Lipinski definition) is 2. The zero-order valence-electron chi connectivity index (χ0n) is 20.9. The van der Waals surface area contributed by atoms with Crippen molar-refractivity contribution in [2.24, 2.45) is 0 Å². The molecule has 9 heteroatoms. The van der Waals surface area contributed by atoms with Gasteiger partial charge < -0.3 is 10.6 Å². The van der Waals surface area contributed by atoms with Gasteiger partial charge >= 0.3 is 0 Å². The topological polar surface area (TPSA) is 91.4 Å². The zero-order chi connectivity index (χ0) is 26.9. The van der Waals surface area contributed by atoms with Crippen LogP contribution in [0.15, 0.2) is 72.9 Å². The van der Waals surface area contributed by atoms with E-state index in [9.17, 15) is 18.8 Å². The molecule has 1 aliphatic rings. The van der Waals surface area contributed by atoms with Crippen molar-refractivity contribution in [2.75, 3.05) is 10.2 Å². The van der Waals surface area contributed by atoms with Gasteiger partial charge in [-0.3, -0.25) is 19.3 Å². The van der Waals surface area contributed by atoms with E-state index in [1.165, 1.54) is 42.5 Å². The van der Waals surface area contributed by atoms with E-state index in [1.54, 1.807) is 30.5 Å². The monoisotopic (exact) mass is 520 g/mol. The second kappa shape index (κ2) is 12.9. The van der Waals surface area contributed by atoms with Crippen LogP contribution in [-0.4, -0.2) is 28.7 Å². The summed E-state index contributed by atoms with van der Waals surface area (Å²) in [5, 5.41) is 5.66. The van der Waals surface area contributed by atoms with Crippen molar-refractivity contribution in [3.8, 4) is 0 Å². The van der Waals surface area contributed by atoms with Crippen LogP contribution in [0.2, 0.25) is 0 Å². The molecule has 0 spiro atoms. The molecule has 1 saturated carbocycles. The highest BCUT2D eigenvalue weighted by Gasteiger charge is 2.35. The van der Waals surface area contributed by atoms with Gasteiger partial charge in [0.25, 0.3) is 0 Å². The summed E-state index contributed by atoms with van der Waals surface area (Å²) in [6.07, 6.45) is 5.26. The Bertz CT molecular complexity index is 1250. The van der Waals surface area contributed by atoms with Crippen LogP contribution in [0, 0.1) is 11.6 Å². The van der Waals surface area contributed by atoms with Crippen molar-refractivity contribution in [3.05, 3.63) is 90.1 Å². The Hall–Kier alpha value is -4.14. The predicted octanol–water partition coefficient (Wildman–Crippen LogP) is 5.30. The number of anilines is 2. The Balaban J connectivity index is 1.58. The molecule has 1 aromatic heterocycles. The number of pyridine rings is 1. The van der Waals surface area contributed by atoms with Crippen molar-refractivity contribution in [2.45, 2.75) is 57.0 Å². The first-order valence-corrected chi connectivity index (χ1v) is 12.8. The Kier molecular flexibility index (Phi) is 9.13. The first kappa shape index (κ1) is 26.9. The van der Waals surface area contributed by atoms with Crippen molar-refractivity contribution in [1.29, 1.82) is 0 Å². The number of nitrogens with one attached hydrogen (secondary N) is 2. The molecule has 1 unspecified atom stereocenters. The minimum absolute atomic E-state index is 0.0307. The van der Waals surface area contributed by atoms with Crippen LogP contribution < -0.4 is 15.5 Å². The molecule has 3 amide bonds. The minimum Gasteiger partial charge on any atom is -0.351 e. The lowest BCUT2D eigenvalue weighted by Gasteiger charge is -2.32. The molecule has 1 aliphatic carbocycles. The number of rotatable bonds is 10. The van der Waals surface area contributed by atoms with E-state index in [0.29, 0.717) is 11.4 Å². The van der Waals surface area contributed by atoms with Gasteiger partial charge in [0.2, 0.25) is 17.7 Å². The second-order valence-corrected chi connectivity index (χ2v) is 9.28. The van der Waals surface area contributed by atoms with Crippen LogP contribution in [0.4, 0.5) is 20.3 Å². The molecular weight excluding hydrogens is 490 g/mol. The largest absolute Gasteiger partial charge is 0.351 e. The van der Waals surface area contributed by atoms with Crippen molar-refractivity contribution in [1.82, 2.24) is 10.3 Å². The van der Waals surface area contributed by atoms with Gasteiger partial charge in [-0.05, 0) is 61.2 Å². The summed E-state index contributed by atoms with van der Waals surface area (Å²) in [4.78, 5) is 44.7. The van der Waals surface area contributed by atoms with Crippen LogP contribution in [0.3, 0.4) is 0 Å². The fourth-order valence-corrected chi connectivity index (χ4v) is 4.64. The molecule has 4 rings (SSSR count). The van der Waals surface area contributed by atoms with Crippen LogP contribution in [0.25, 0.3) is 0 Å². The number of carbonyl (C=O) groups is 3. The van der Waals surface area contributed by atoms with Crippen molar-refractivity contribution < 1.29 is 23.2 Å². The number of carbonyl (C=O) groups excluding carboxylic acids is 3. The average Bonchev–Trinajstić information content (AvgIpc) is 3.42. The molecule has 0 saturated heterocycles. The lowest BCUT2D eigenvalue weighted by molar-refractivity contribution is -0.127. The summed E-state index contributed by atoms with van der Waals surface area (Å²) in [6, 6.07) is 14.8. The summed E-state index contributed by atoms with van der Waals surface area (Å²) in [5.74, 6) is -2.08. The Labute approximate surface area is 220 Å². The van der Waals surface area contributed by atoms with Gasteiger partial charge in [0.05, 0.1) is 5.69 Å². The van der Waals surface area contributed by atoms with Crippen LogP contribution in [0.5, 0.6) is 0 Å². The number of amides is 3. The second-order valence-electron chi connectivity index (χ2n) is 9.28. The van der Waals surface area contributed by atoms with Gasteiger partial charge in [0, 0.05) is 25.1 Å². The fraction of sp³-hybridized carbons (Fsp3) is 0.310. The molecule has 0 bridgehead atoms. The van der Waals surface area contributed by atoms with Crippen LogP contribution in [-0.2, 0) is 14.4 Å². The lowest BCUT2D eigenvalue weighted by Crippen LogP contribution is -2.46. The number of benzene rings is 2. The molecule has 1 heterocycles. The lowest BCUT2D eigenvalue weighted by atomic mass is 10.0. The van der Waals surface area contributed by atoms with E-state index >= 15 is 4.39 Å². The number of para-hydroxylation sites is 1. The predicted molar refractivity (Wildman–Crippen MR) is 140 cm³/mol. The SMILES string of the molecule is O=C(CCCC(=O)N(c1ccccc1F)C(C(=O)NC1CCCC1)c1ccc(F)cc1)Nc1ccccn1. The van der Waals surface area contributed by atoms with E-state index in [-0.39, 0.29) is 36.9 Å². The standard InChI is InChI=1S/C29H30F2N4O3/c30-21-17-15-20(16-18-21)28(29(38)33-22-8-1-2-9-22)35(24-11-4-3-10-23(24)31)27(37)14-7-13-26(36)34-25-12-5-6-19-32-25/h3-6,10-12,15-19,22,28H,1-2,7-9,13-14H2,(H,33,38)(H,32,34,36). The molecule has 1 fully saturated rings. The molecule has 7 nitrogen and oxygen atoms in total. The quantitative estimate of drug-likeness (QED) is 0.380. The van der Waals surface area contributed by atoms with Gasteiger partial charge in [0.15, 0.2) is 0 Å². The maximum atomic E-state index is 15.0. The van der Waals surface area contributed by atoms with Crippen molar-refractivity contribution >= 4 is 29.2 Å². The molecule has 0 radical (unpaired) electrons. The zero-order valence-corrected chi connectivity index (χ0v) is 20.9. The summed E-state index contributed by atoms with van der Waals surface area (Å²) < 4.78 is 28.8. The van der Waals surface area contributed by atoms with Gasteiger partial charge in [-0.1, -0.05) is 43.2 Å². The first-order chi connectivity index (χ1) is 18.4. The van der Waals surface area contributed by atoms with Gasteiger partial charge in [0.1, 0.15) is 23.5 Å². The number of aromatic nitrogens is 1. The summed E-state index contributed by atoms with van der Waals surface area (Å²) in [7, 11) is 0. The smallest absolute Gasteiger partial charge is 0.248 e. The van der Waals surface area contributed by atoms with E-state index in [4.69, 9.17) is 0 Å². The molecule has 3 aromatic rings. The van der Waals surface area contributed by atoms with Gasteiger partial charge in [-0.15, -0.1) is 0 Å². The normalized spacial score (nSPS) is 14.1. The summed E-state index contributed by atoms with van der Waals surface area (Å²) >= 11 is 0. The number of hydrogen-bond acceptors (Lipinski definition) is 4. The third-order valence-electron chi connectivity index (χ3n) is 6.50. The third-order valence-corrected chi connectivity index (χ3v) is 6.50. The molecule has 2 N–H and O–H groups in total. The average molecular weight is 521 g/mol. The van der Waals surface area contributed by atoms with Crippen LogP contribution in [0.1, 0.15) is 56.6 Å². The molecule has 1 atom stereocenters. The maximum absolute atomic E-state index is 15.0. The van der Waals surface area contributed by atoms with Crippen molar-refractivity contribution in [3.63, 3.8) is 0 Å². The molecule has 198 valence electrons. The highest BCUT2D eigenvalue weighted by molar-refractivity contribution is 6.01. The highest BCUT2D eigenvalue weighted by atomic mass is 19.1. The molecule has 2 aromatic carbocycles. The molecule has 38 heavy (non-hydrogen) atoms. The van der Waals surface area contributed by atoms with E-state index in [2.05, 4.69) is 15.6 Å². The maximum Gasteiger partial charge on any atom is 0.248 e. The van der Waals surface area contributed by atoms with E-state index < -0.39 is 29.5 Å². The van der Waals surface area contributed by atoms with E-state index in [1.807, 2.05) is 0 Å². The molecular formula is C29H30F2N4O3.